The first-order valence-electron chi connectivity index (χ1n) is 8.79. The first kappa shape index (κ1) is 22.9. The van der Waals surface area contributed by atoms with Gasteiger partial charge in [-0.05, 0) is 54.8 Å². The quantitative estimate of drug-likeness (QED) is 0.271. The van der Waals surface area contributed by atoms with Gasteiger partial charge < -0.3 is 19.3 Å². The number of methoxy groups -OCH3 is 1. The van der Waals surface area contributed by atoms with Gasteiger partial charge in [0.25, 0.3) is 0 Å². The molecule has 0 aliphatic rings. The molecule has 156 valence electrons. The summed E-state index contributed by atoms with van der Waals surface area (Å²) in [6.45, 7) is 0.176. The average molecular weight is 484 g/mol. The largest absolute Gasteiger partial charge is 0.504 e. The number of ether oxygens (including phenoxy) is 3. The molecule has 2 aromatic carbocycles. The number of thiol groups is 1. The Morgan fingerprint density at radius 2 is 1.93 bits per heavy atom. The lowest BCUT2D eigenvalue weighted by molar-refractivity contribution is -0.140. The van der Waals surface area contributed by atoms with Crippen LogP contribution in [0.25, 0.3) is 0 Å². The molecule has 0 aromatic heterocycles. The van der Waals surface area contributed by atoms with Crippen molar-refractivity contribution in [3.8, 4) is 11.5 Å². The zero-order valence-corrected chi connectivity index (χ0v) is 18.2. The SMILES string of the molecule is COc1ccc([C@H](CCCOC(=O)CS)OC(=O)Nc2ccc(Br)cc2)cc1O. The molecule has 2 aromatic rings. The Balaban J connectivity index is 2.06. The van der Waals surface area contributed by atoms with E-state index in [1.165, 1.54) is 13.2 Å². The van der Waals surface area contributed by atoms with Crippen LogP contribution in [0.2, 0.25) is 0 Å². The molecule has 2 rings (SSSR count). The number of carbonyl (C=O) groups excluding carboxylic acids is 2. The number of aromatic hydroxyl groups is 1. The highest BCUT2D eigenvalue weighted by atomic mass is 79.9. The third kappa shape index (κ3) is 7.51. The highest BCUT2D eigenvalue weighted by Crippen LogP contribution is 2.32. The number of nitrogens with one attached hydrogen (secondary N) is 1. The predicted molar refractivity (Wildman–Crippen MR) is 116 cm³/mol. The molecule has 0 unspecified atom stereocenters. The molecule has 1 amide bonds. The van der Waals surface area contributed by atoms with Crippen LogP contribution in [0.15, 0.2) is 46.9 Å². The number of hydrogen-bond acceptors (Lipinski definition) is 7. The lowest BCUT2D eigenvalue weighted by Gasteiger charge is -2.19. The molecular formula is C20H22BrNO6S. The Kier molecular flexibility index (Phi) is 9.14. The fourth-order valence-corrected chi connectivity index (χ4v) is 2.87. The molecular weight excluding hydrogens is 462 g/mol. The molecule has 9 heteroatoms. The number of esters is 1. The van der Waals surface area contributed by atoms with Crippen LogP contribution in [-0.4, -0.2) is 36.6 Å². The van der Waals surface area contributed by atoms with Crippen molar-refractivity contribution in [2.75, 3.05) is 24.8 Å². The van der Waals surface area contributed by atoms with E-state index in [1.54, 1.807) is 36.4 Å². The van der Waals surface area contributed by atoms with Crippen molar-refractivity contribution in [3.63, 3.8) is 0 Å². The van der Waals surface area contributed by atoms with Crippen molar-refractivity contribution in [1.82, 2.24) is 0 Å². The van der Waals surface area contributed by atoms with E-state index in [1.807, 2.05) is 0 Å². The summed E-state index contributed by atoms with van der Waals surface area (Å²) in [4.78, 5) is 23.6. The summed E-state index contributed by atoms with van der Waals surface area (Å²) in [5.41, 5.74) is 1.17. The van der Waals surface area contributed by atoms with Crippen LogP contribution in [-0.2, 0) is 14.3 Å². The molecule has 1 atom stereocenters. The van der Waals surface area contributed by atoms with Crippen LogP contribution < -0.4 is 10.1 Å². The number of amides is 1. The van der Waals surface area contributed by atoms with E-state index in [-0.39, 0.29) is 18.1 Å². The molecule has 2 N–H and O–H groups in total. The van der Waals surface area contributed by atoms with Crippen molar-refractivity contribution in [2.45, 2.75) is 18.9 Å². The maximum atomic E-state index is 12.3. The fraction of sp³-hybridized carbons (Fsp3) is 0.300. The van der Waals surface area contributed by atoms with Crippen LogP contribution in [0.4, 0.5) is 10.5 Å². The molecule has 0 fully saturated rings. The van der Waals surface area contributed by atoms with Gasteiger partial charge in [-0.2, -0.15) is 12.6 Å². The van der Waals surface area contributed by atoms with E-state index < -0.39 is 18.2 Å². The Morgan fingerprint density at radius 3 is 2.55 bits per heavy atom. The van der Waals surface area contributed by atoms with Gasteiger partial charge in [-0.25, -0.2) is 4.79 Å². The van der Waals surface area contributed by atoms with Crippen molar-refractivity contribution in [2.24, 2.45) is 0 Å². The number of hydrogen-bond donors (Lipinski definition) is 3. The van der Waals surface area contributed by atoms with Crippen LogP contribution in [0, 0.1) is 0 Å². The molecule has 0 bridgehead atoms. The molecule has 0 aliphatic heterocycles. The summed E-state index contributed by atoms with van der Waals surface area (Å²) in [7, 11) is 1.45. The van der Waals surface area contributed by atoms with Crippen LogP contribution in [0.1, 0.15) is 24.5 Å². The van der Waals surface area contributed by atoms with E-state index in [9.17, 15) is 14.7 Å². The maximum Gasteiger partial charge on any atom is 0.412 e. The summed E-state index contributed by atoms with van der Waals surface area (Å²) in [5, 5.41) is 12.7. The number of phenolic OH excluding ortho intramolecular Hbond substituents is 1. The van der Waals surface area contributed by atoms with Crippen LogP contribution in [0.3, 0.4) is 0 Å². The molecule has 29 heavy (non-hydrogen) atoms. The number of carbonyl (C=O) groups is 2. The Morgan fingerprint density at radius 1 is 1.21 bits per heavy atom. The van der Waals surface area contributed by atoms with Gasteiger partial charge in [0.05, 0.1) is 19.5 Å². The van der Waals surface area contributed by atoms with Gasteiger partial charge in [0.1, 0.15) is 6.10 Å². The second kappa shape index (κ2) is 11.6. The van der Waals surface area contributed by atoms with Gasteiger partial charge in [0.15, 0.2) is 11.5 Å². The van der Waals surface area contributed by atoms with Crippen molar-refractivity contribution < 1.29 is 28.9 Å². The van der Waals surface area contributed by atoms with E-state index in [0.29, 0.717) is 29.8 Å². The number of benzene rings is 2. The third-order valence-electron chi connectivity index (χ3n) is 3.92. The van der Waals surface area contributed by atoms with Crippen molar-refractivity contribution >= 4 is 46.3 Å². The van der Waals surface area contributed by atoms with Gasteiger partial charge in [0.2, 0.25) is 0 Å². The van der Waals surface area contributed by atoms with Gasteiger partial charge in [0, 0.05) is 10.2 Å². The van der Waals surface area contributed by atoms with Crippen LogP contribution >= 0.6 is 28.6 Å². The normalized spacial score (nSPS) is 11.4. The van der Waals surface area contributed by atoms with Gasteiger partial charge in [-0.1, -0.05) is 22.0 Å². The molecule has 0 radical (unpaired) electrons. The van der Waals surface area contributed by atoms with Crippen molar-refractivity contribution in [1.29, 1.82) is 0 Å². The van der Waals surface area contributed by atoms with E-state index in [2.05, 4.69) is 33.9 Å². The molecule has 0 spiro atoms. The number of rotatable bonds is 9. The van der Waals surface area contributed by atoms with Crippen molar-refractivity contribution in [3.05, 3.63) is 52.5 Å². The standard InChI is InChI=1S/C20H22BrNO6S/c1-26-18-9-4-13(11-16(18)23)17(3-2-10-27-19(24)12-29)28-20(25)22-15-7-5-14(21)6-8-15/h4-9,11,17,23,29H,2-3,10,12H2,1H3,(H,22,25)/t17-/m0/s1. The summed E-state index contributed by atoms with van der Waals surface area (Å²) in [6, 6.07) is 11.8. The number of phenols is 1. The molecule has 0 saturated carbocycles. The smallest absolute Gasteiger partial charge is 0.412 e. The molecule has 7 nitrogen and oxygen atoms in total. The number of halogens is 1. The minimum Gasteiger partial charge on any atom is -0.504 e. The first-order chi connectivity index (χ1) is 13.9. The lowest BCUT2D eigenvalue weighted by atomic mass is 10.0. The monoisotopic (exact) mass is 483 g/mol. The Bertz CT molecular complexity index is 830. The topological polar surface area (TPSA) is 94.1 Å². The second-order valence-corrected chi connectivity index (χ2v) is 7.21. The first-order valence-corrected chi connectivity index (χ1v) is 10.2. The minimum atomic E-state index is -0.656. The van der Waals surface area contributed by atoms with Gasteiger partial charge in [-0.15, -0.1) is 0 Å². The fourth-order valence-electron chi connectivity index (χ4n) is 2.51. The minimum absolute atomic E-state index is 0.00186. The molecule has 0 saturated heterocycles. The van der Waals surface area contributed by atoms with Gasteiger partial charge >= 0.3 is 12.1 Å². The van der Waals surface area contributed by atoms with Crippen LogP contribution in [0.5, 0.6) is 11.5 Å². The Hall–Kier alpha value is -2.39. The number of anilines is 1. The predicted octanol–water partition coefficient (Wildman–Crippen LogP) is 4.71. The van der Waals surface area contributed by atoms with E-state index in [4.69, 9.17) is 14.2 Å². The third-order valence-corrected chi connectivity index (χ3v) is 4.70. The zero-order valence-electron chi connectivity index (χ0n) is 15.8. The highest BCUT2D eigenvalue weighted by molar-refractivity contribution is 9.10. The second-order valence-electron chi connectivity index (χ2n) is 5.98. The summed E-state index contributed by atoms with van der Waals surface area (Å²) < 4.78 is 16.5. The van der Waals surface area contributed by atoms with E-state index >= 15 is 0 Å². The average Bonchev–Trinajstić information content (AvgIpc) is 2.71. The Labute approximate surface area is 182 Å². The zero-order chi connectivity index (χ0) is 21.2. The molecule has 0 heterocycles. The maximum absolute atomic E-state index is 12.3. The highest BCUT2D eigenvalue weighted by Gasteiger charge is 2.19. The van der Waals surface area contributed by atoms with E-state index in [0.717, 1.165) is 4.47 Å². The molecule has 0 aliphatic carbocycles. The lowest BCUT2D eigenvalue weighted by Crippen LogP contribution is -2.18. The summed E-state index contributed by atoms with van der Waals surface area (Å²) >= 11 is 7.18. The summed E-state index contributed by atoms with van der Waals surface area (Å²) in [5.74, 6) is -0.161. The summed E-state index contributed by atoms with van der Waals surface area (Å²) in [6.07, 6.45) is -0.445. The van der Waals surface area contributed by atoms with Gasteiger partial charge in [-0.3, -0.25) is 10.1 Å².